The quantitative estimate of drug-likeness (QED) is 0.470. The van der Waals surface area contributed by atoms with Crippen molar-refractivity contribution in [3.05, 3.63) is 25.6 Å². The minimum Gasteiger partial charge on any atom is -0.314 e. The molecule has 0 rings (SSSR count). The Labute approximate surface area is 53.6 Å². The molecule has 0 bridgehead atoms. The predicted octanol–water partition coefficient (Wildman–Crippen LogP) is 0.0772. The van der Waals surface area contributed by atoms with Crippen molar-refractivity contribution in [1.29, 1.82) is 0 Å². The van der Waals surface area contributed by atoms with E-state index in [4.69, 9.17) is 0 Å². The normalized spacial score (nSPS) is 7.11. The molecule has 4 nitrogen and oxygen atoms in total. The van der Waals surface area contributed by atoms with E-state index >= 15 is 0 Å². The van der Waals surface area contributed by atoms with Crippen molar-refractivity contribution in [1.82, 2.24) is 16.2 Å². The largest absolute Gasteiger partial charge is 0.337 e. The van der Waals surface area contributed by atoms with E-state index in [2.05, 4.69) is 29.3 Å². The van der Waals surface area contributed by atoms with Crippen LogP contribution in [0.25, 0.3) is 0 Å². The average Bonchev–Trinajstić information content (AvgIpc) is 1.85. The number of rotatable bonds is 3. The van der Waals surface area contributed by atoms with Crippen LogP contribution < -0.4 is 16.2 Å². The minimum absolute atomic E-state index is 0.370. The lowest BCUT2D eigenvalue weighted by Gasteiger charge is -2.00. The molecule has 4 heteroatoms. The molecule has 2 amide bonds. The number of nitrogens with one attached hydrogen (secondary N) is 3. The molecule has 50 valence electrons. The van der Waals surface area contributed by atoms with Crippen LogP contribution in [0.15, 0.2) is 25.6 Å². The van der Waals surface area contributed by atoms with Crippen molar-refractivity contribution in [2.75, 3.05) is 0 Å². The smallest absolute Gasteiger partial charge is 0.314 e. The molecule has 0 unspecified atom stereocenters. The van der Waals surface area contributed by atoms with Crippen molar-refractivity contribution in [3.8, 4) is 0 Å². The summed E-state index contributed by atoms with van der Waals surface area (Å²) >= 11 is 0. The third-order valence-electron chi connectivity index (χ3n) is 0.521. The van der Waals surface area contributed by atoms with Gasteiger partial charge in [-0.25, -0.2) is 4.79 Å². The lowest BCUT2D eigenvalue weighted by molar-refractivity contribution is 0.242. The Balaban J connectivity index is 3.26. The molecule has 0 saturated heterocycles. The van der Waals surface area contributed by atoms with Crippen LogP contribution in [0.2, 0.25) is 0 Å². The average molecular weight is 127 g/mol. The summed E-state index contributed by atoms with van der Waals surface area (Å²) < 4.78 is 0. The summed E-state index contributed by atoms with van der Waals surface area (Å²) in [5.41, 5.74) is 4.63. The van der Waals surface area contributed by atoms with E-state index in [0.29, 0.717) is 0 Å². The number of hydrogen-bond acceptors (Lipinski definition) is 2. The first-order valence-corrected chi connectivity index (χ1v) is 2.35. The molecular weight excluding hydrogens is 118 g/mol. The second-order valence-corrected chi connectivity index (χ2v) is 1.15. The Morgan fingerprint density at radius 2 is 2.00 bits per heavy atom. The predicted molar refractivity (Wildman–Crippen MR) is 35.2 cm³/mol. The highest BCUT2D eigenvalue weighted by Gasteiger charge is 1.88. The molecule has 0 aromatic rings. The molecule has 9 heavy (non-hydrogen) atoms. The second-order valence-electron chi connectivity index (χ2n) is 1.15. The van der Waals surface area contributed by atoms with Crippen molar-refractivity contribution in [2.24, 2.45) is 0 Å². The van der Waals surface area contributed by atoms with Crippen LogP contribution >= 0.6 is 0 Å². The van der Waals surface area contributed by atoms with Gasteiger partial charge in [-0.2, -0.15) is 0 Å². The van der Waals surface area contributed by atoms with Crippen LogP contribution in [0, 0.1) is 0 Å². The molecule has 0 heterocycles. The lowest BCUT2D eigenvalue weighted by atomic mass is 10.9. The second kappa shape index (κ2) is 4.70. The van der Waals surface area contributed by atoms with Gasteiger partial charge in [0.15, 0.2) is 0 Å². The van der Waals surface area contributed by atoms with Gasteiger partial charge in [-0.3, -0.25) is 5.43 Å². The monoisotopic (exact) mass is 127 g/mol. The molecule has 0 atom stereocenters. The number of hydrazine groups is 1. The third-order valence-corrected chi connectivity index (χ3v) is 0.521. The molecule has 0 fully saturated rings. The number of urea groups is 1. The molecule has 3 N–H and O–H groups in total. The molecule has 0 aliphatic heterocycles. The molecule has 0 aliphatic rings. The van der Waals surface area contributed by atoms with Gasteiger partial charge >= 0.3 is 6.03 Å². The fourth-order valence-corrected chi connectivity index (χ4v) is 0.245. The van der Waals surface area contributed by atoms with Gasteiger partial charge < -0.3 is 10.7 Å². The van der Waals surface area contributed by atoms with E-state index in [-0.39, 0.29) is 6.03 Å². The Morgan fingerprint density at radius 1 is 1.33 bits per heavy atom. The van der Waals surface area contributed by atoms with Gasteiger partial charge in [-0.1, -0.05) is 13.2 Å². The maximum Gasteiger partial charge on any atom is 0.337 e. The maximum absolute atomic E-state index is 10.4. The summed E-state index contributed by atoms with van der Waals surface area (Å²) in [6.45, 7) is 6.60. The molecule has 0 aliphatic carbocycles. The van der Waals surface area contributed by atoms with Gasteiger partial charge in [0.05, 0.1) is 0 Å². The standard InChI is InChI=1S/C5H9N3O/c1-3-6-5(9)8-7-4-2/h3-4,7H,1-2H2,(H2,6,8,9). The summed E-state index contributed by atoms with van der Waals surface area (Å²) in [6, 6.07) is -0.370. The van der Waals surface area contributed by atoms with Gasteiger partial charge in [0.2, 0.25) is 0 Å². The first-order chi connectivity index (χ1) is 4.31. The number of amides is 2. The van der Waals surface area contributed by atoms with E-state index in [1.54, 1.807) is 0 Å². The van der Waals surface area contributed by atoms with E-state index in [1.807, 2.05) is 0 Å². The molecule has 0 aromatic carbocycles. The topological polar surface area (TPSA) is 53.2 Å². The zero-order chi connectivity index (χ0) is 7.11. The van der Waals surface area contributed by atoms with E-state index < -0.39 is 0 Å². The number of hydrogen-bond donors (Lipinski definition) is 3. The zero-order valence-electron chi connectivity index (χ0n) is 4.98. The first kappa shape index (κ1) is 7.55. The Bertz CT molecular complexity index is 121. The Hall–Kier alpha value is -1.45. The number of carbonyl (C=O) groups is 1. The molecule has 0 radical (unpaired) electrons. The summed E-state index contributed by atoms with van der Waals surface area (Å²) in [5, 5.41) is 2.28. The van der Waals surface area contributed by atoms with Crippen LogP contribution in [0.3, 0.4) is 0 Å². The Morgan fingerprint density at radius 3 is 2.44 bits per heavy atom. The Kier molecular flexibility index (Phi) is 3.95. The summed E-state index contributed by atoms with van der Waals surface area (Å²) in [7, 11) is 0. The lowest BCUT2D eigenvalue weighted by Crippen LogP contribution is -2.39. The van der Waals surface area contributed by atoms with Crippen molar-refractivity contribution in [2.45, 2.75) is 0 Å². The maximum atomic E-state index is 10.4. The summed E-state index contributed by atoms with van der Waals surface area (Å²) in [6.07, 6.45) is 2.63. The van der Waals surface area contributed by atoms with Gasteiger partial charge in [-0.05, 0) is 6.20 Å². The third kappa shape index (κ3) is 4.40. The first-order valence-electron chi connectivity index (χ1n) is 2.35. The summed E-state index contributed by atoms with van der Waals surface area (Å²) in [4.78, 5) is 10.4. The van der Waals surface area contributed by atoms with Crippen molar-refractivity contribution in [3.63, 3.8) is 0 Å². The summed E-state index contributed by atoms with van der Waals surface area (Å²) in [5.74, 6) is 0. The molecule has 0 saturated carbocycles. The minimum atomic E-state index is -0.370. The highest BCUT2D eigenvalue weighted by molar-refractivity contribution is 5.74. The SMILES string of the molecule is C=CNNC(=O)NC=C. The van der Waals surface area contributed by atoms with Crippen LogP contribution in [-0.4, -0.2) is 6.03 Å². The van der Waals surface area contributed by atoms with Crippen LogP contribution in [0.1, 0.15) is 0 Å². The van der Waals surface area contributed by atoms with Gasteiger partial charge in [-0.15, -0.1) is 0 Å². The molecule has 0 spiro atoms. The molecular formula is C5H9N3O. The van der Waals surface area contributed by atoms with Gasteiger partial charge in [0.25, 0.3) is 0 Å². The zero-order valence-corrected chi connectivity index (χ0v) is 4.98. The van der Waals surface area contributed by atoms with E-state index in [1.165, 1.54) is 12.4 Å². The van der Waals surface area contributed by atoms with Crippen LogP contribution in [0.5, 0.6) is 0 Å². The highest BCUT2D eigenvalue weighted by atomic mass is 16.2. The van der Waals surface area contributed by atoms with Crippen LogP contribution in [-0.2, 0) is 0 Å². The molecule has 0 aromatic heterocycles. The van der Waals surface area contributed by atoms with Gasteiger partial charge in [0.1, 0.15) is 0 Å². The highest BCUT2D eigenvalue weighted by Crippen LogP contribution is 1.58. The fourth-order valence-electron chi connectivity index (χ4n) is 0.245. The van der Waals surface area contributed by atoms with Gasteiger partial charge in [0, 0.05) is 6.20 Å². The van der Waals surface area contributed by atoms with Crippen LogP contribution in [0.4, 0.5) is 4.79 Å². The number of carbonyl (C=O) groups excluding carboxylic acids is 1. The van der Waals surface area contributed by atoms with E-state index in [0.717, 1.165) is 0 Å². The van der Waals surface area contributed by atoms with Crippen molar-refractivity contribution < 1.29 is 4.79 Å². The van der Waals surface area contributed by atoms with E-state index in [9.17, 15) is 4.79 Å². The fraction of sp³-hybridized carbons (Fsp3) is 0. The van der Waals surface area contributed by atoms with Crippen molar-refractivity contribution >= 4 is 6.03 Å².